The number of aromatic nitrogens is 2. The highest BCUT2D eigenvalue weighted by atomic mass is 32.2. The van der Waals surface area contributed by atoms with E-state index in [0.717, 1.165) is 30.7 Å². The van der Waals surface area contributed by atoms with Crippen molar-refractivity contribution in [3.05, 3.63) is 17.5 Å². The molecule has 0 unspecified atom stereocenters. The topological polar surface area (TPSA) is 92.2 Å². The average Bonchev–Trinajstić information content (AvgIpc) is 2.32. The van der Waals surface area contributed by atoms with E-state index in [1.165, 1.54) is 11.8 Å². The van der Waals surface area contributed by atoms with E-state index in [2.05, 4.69) is 15.3 Å². The molecule has 1 fully saturated rings. The van der Waals surface area contributed by atoms with Gasteiger partial charge in [-0.25, -0.2) is 9.97 Å². The number of nitrogens with one attached hydrogen (secondary N) is 1. The van der Waals surface area contributed by atoms with Gasteiger partial charge in [0.25, 0.3) is 0 Å². The zero-order valence-electron chi connectivity index (χ0n) is 12.2. The van der Waals surface area contributed by atoms with Crippen LogP contribution in [0.2, 0.25) is 0 Å². The third kappa shape index (κ3) is 4.42. The predicted molar refractivity (Wildman–Crippen MR) is 79.2 cm³/mol. The van der Waals surface area contributed by atoms with Crippen molar-refractivity contribution in [2.24, 2.45) is 0 Å². The van der Waals surface area contributed by atoms with E-state index in [1.54, 1.807) is 0 Å². The molecule has 1 saturated carbocycles. The SMILES string of the molecule is Cc1cc(C)nc(SCC(=O)NC2(CC(=O)O)CCC2)n1. The first kappa shape index (κ1) is 15.8. The lowest BCUT2D eigenvalue weighted by Gasteiger charge is -2.41. The fourth-order valence-corrected chi connectivity index (χ4v) is 3.21. The molecule has 21 heavy (non-hydrogen) atoms. The molecule has 0 aliphatic heterocycles. The second kappa shape index (κ2) is 6.43. The van der Waals surface area contributed by atoms with Gasteiger partial charge in [-0.15, -0.1) is 0 Å². The minimum absolute atomic E-state index is 0.0105. The number of amides is 1. The number of aryl methyl sites for hydroxylation is 2. The number of carbonyl (C=O) groups is 2. The number of thioether (sulfide) groups is 1. The van der Waals surface area contributed by atoms with Gasteiger partial charge in [0.05, 0.1) is 17.7 Å². The molecule has 1 aromatic rings. The van der Waals surface area contributed by atoms with Crippen molar-refractivity contribution in [1.82, 2.24) is 15.3 Å². The van der Waals surface area contributed by atoms with Crippen molar-refractivity contribution < 1.29 is 14.7 Å². The minimum atomic E-state index is -0.875. The number of nitrogens with zero attached hydrogens (tertiary/aromatic N) is 2. The Morgan fingerprint density at radius 1 is 1.33 bits per heavy atom. The van der Waals surface area contributed by atoms with Gasteiger partial charge in [-0.3, -0.25) is 9.59 Å². The van der Waals surface area contributed by atoms with Gasteiger partial charge in [0.1, 0.15) is 0 Å². The summed E-state index contributed by atoms with van der Waals surface area (Å²) < 4.78 is 0. The molecule has 0 radical (unpaired) electrons. The van der Waals surface area contributed by atoms with Crippen molar-refractivity contribution in [3.63, 3.8) is 0 Å². The van der Waals surface area contributed by atoms with Gasteiger partial charge in [0, 0.05) is 11.4 Å². The van der Waals surface area contributed by atoms with Gasteiger partial charge >= 0.3 is 5.97 Å². The molecular formula is C14H19N3O3S. The van der Waals surface area contributed by atoms with Crippen LogP contribution in [0.1, 0.15) is 37.1 Å². The van der Waals surface area contributed by atoms with Gasteiger partial charge in [0.15, 0.2) is 5.16 Å². The number of hydrogen-bond acceptors (Lipinski definition) is 5. The largest absolute Gasteiger partial charge is 0.481 e. The summed E-state index contributed by atoms with van der Waals surface area (Å²) >= 11 is 1.27. The number of rotatable bonds is 6. The first-order chi connectivity index (χ1) is 9.88. The molecule has 1 amide bonds. The predicted octanol–water partition coefficient (Wildman–Crippen LogP) is 1.70. The zero-order chi connectivity index (χ0) is 15.5. The van der Waals surface area contributed by atoms with Gasteiger partial charge in [-0.2, -0.15) is 0 Å². The van der Waals surface area contributed by atoms with Crippen molar-refractivity contribution in [2.45, 2.75) is 50.2 Å². The van der Waals surface area contributed by atoms with Gasteiger partial charge in [-0.05, 0) is 39.2 Å². The second-order valence-electron chi connectivity index (χ2n) is 5.47. The summed E-state index contributed by atoms with van der Waals surface area (Å²) in [6, 6.07) is 1.88. The highest BCUT2D eigenvalue weighted by Gasteiger charge is 2.40. The third-order valence-corrected chi connectivity index (χ3v) is 4.35. The van der Waals surface area contributed by atoms with E-state index in [9.17, 15) is 9.59 Å². The highest BCUT2D eigenvalue weighted by molar-refractivity contribution is 7.99. The van der Waals surface area contributed by atoms with Crippen molar-refractivity contribution in [3.8, 4) is 0 Å². The molecule has 0 aromatic carbocycles. The Kier molecular flexibility index (Phi) is 4.82. The molecule has 0 spiro atoms. The fraction of sp³-hybridized carbons (Fsp3) is 0.571. The van der Waals surface area contributed by atoms with Crippen LogP contribution in [0.5, 0.6) is 0 Å². The van der Waals surface area contributed by atoms with Crippen LogP contribution in [0.4, 0.5) is 0 Å². The first-order valence-electron chi connectivity index (χ1n) is 6.86. The van der Waals surface area contributed by atoms with E-state index in [-0.39, 0.29) is 18.1 Å². The molecule has 0 atom stereocenters. The molecule has 0 bridgehead atoms. The normalized spacial score (nSPS) is 16.1. The minimum Gasteiger partial charge on any atom is -0.481 e. The number of aliphatic carboxylic acids is 1. The monoisotopic (exact) mass is 309 g/mol. The molecule has 0 saturated heterocycles. The van der Waals surface area contributed by atoms with Crippen LogP contribution in [-0.2, 0) is 9.59 Å². The molecule has 2 N–H and O–H groups in total. The average molecular weight is 309 g/mol. The van der Waals surface area contributed by atoms with Gasteiger partial charge < -0.3 is 10.4 Å². The standard InChI is InChI=1S/C14H19N3O3S/c1-9-6-10(2)16-13(15-9)21-8-11(18)17-14(4-3-5-14)7-12(19)20/h6H,3-5,7-8H2,1-2H3,(H,17,18)(H,19,20). The van der Waals surface area contributed by atoms with Crippen LogP contribution in [0.15, 0.2) is 11.2 Å². The highest BCUT2D eigenvalue weighted by Crippen LogP contribution is 2.35. The Bertz CT molecular complexity index is 538. The number of carboxylic acid groups (broad SMARTS) is 1. The van der Waals surface area contributed by atoms with Crippen molar-refractivity contribution >= 4 is 23.6 Å². The van der Waals surface area contributed by atoms with Gasteiger partial charge in [-0.1, -0.05) is 11.8 Å². The Hall–Kier alpha value is -1.63. The maximum absolute atomic E-state index is 12.0. The third-order valence-electron chi connectivity index (χ3n) is 3.50. The molecule has 1 aliphatic rings. The van der Waals surface area contributed by atoms with Crippen molar-refractivity contribution in [2.75, 3.05) is 5.75 Å². The van der Waals surface area contributed by atoms with Crippen LogP contribution in [0.25, 0.3) is 0 Å². The summed E-state index contributed by atoms with van der Waals surface area (Å²) in [6.45, 7) is 3.77. The molecule has 2 rings (SSSR count). The zero-order valence-corrected chi connectivity index (χ0v) is 13.0. The molecule has 1 heterocycles. The van der Waals surface area contributed by atoms with E-state index in [4.69, 9.17) is 5.11 Å². The summed E-state index contributed by atoms with van der Waals surface area (Å²) in [5.74, 6) is -0.839. The summed E-state index contributed by atoms with van der Waals surface area (Å²) in [5.41, 5.74) is 1.19. The van der Waals surface area contributed by atoms with Crippen LogP contribution < -0.4 is 5.32 Å². The summed E-state index contributed by atoms with van der Waals surface area (Å²) in [4.78, 5) is 31.4. The molecule has 6 nitrogen and oxygen atoms in total. The second-order valence-corrected chi connectivity index (χ2v) is 6.42. The van der Waals surface area contributed by atoms with Crippen molar-refractivity contribution in [1.29, 1.82) is 0 Å². The summed E-state index contributed by atoms with van der Waals surface area (Å²) in [5, 5.41) is 12.4. The summed E-state index contributed by atoms with van der Waals surface area (Å²) in [7, 11) is 0. The van der Waals surface area contributed by atoms with Crippen LogP contribution in [-0.4, -0.2) is 38.2 Å². The fourth-order valence-electron chi connectivity index (χ4n) is 2.46. The smallest absolute Gasteiger partial charge is 0.305 e. The van der Waals surface area contributed by atoms with E-state index < -0.39 is 11.5 Å². The molecular weight excluding hydrogens is 290 g/mol. The van der Waals surface area contributed by atoms with E-state index in [1.807, 2.05) is 19.9 Å². The van der Waals surface area contributed by atoms with Crippen LogP contribution >= 0.6 is 11.8 Å². The van der Waals surface area contributed by atoms with Crippen LogP contribution in [0, 0.1) is 13.8 Å². The van der Waals surface area contributed by atoms with Gasteiger partial charge in [0.2, 0.25) is 5.91 Å². The molecule has 114 valence electrons. The van der Waals surface area contributed by atoms with Crippen LogP contribution in [0.3, 0.4) is 0 Å². The number of carbonyl (C=O) groups excluding carboxylic acids is 1. The molecule has 7 heteroatoms. The maximum Gasteiger partial charge on any atom is 0.305 e. The maximum atomic E-state index is 12.0. The number of hydrogen-bond donors (Lipinski definition) is 2. The molecule has 1 aliphatic carbocycles. The van der Waals surface area contributed by atoms with E-state index in [0.29, 0.717) is 5.16 Å². The lowest BCUT2D eigenvalue weighted by molar-refractivity contribution is -0.140. The Labute approximate surface area is 127 Å². The summed E-state index contributed by atoms with van der Waals surface area (Å²) in [6.07, 6.45) is 2.41. The lowest BCUT2D eigenvalue weighted by Crippen LogP contribution is -2.55. The lowest BCUT2D eigenvalue weighted by atomic mass is 9.74. The quantitative estimate of drug-likeness (QED) is 0.614. The first-order valence-corrected chi connectivity index (χ1v) is 7.85. The Balaban J connectivity index is 1.88. The Morgan fingerprint density at radius 2 is 1.95 bits per heavy atom. The number of carboxylic acids is 1. The Morgan fingerprint density at radius 3 is 2.43 bits per heavy atom. The van der Waals surface area contributed by atoms with E-state index >= 15 is 0 Å². The molecule has 1 aromatic heterocycles.